The van der Waals surface area contributed by atoms with Crippen molar-refractivity contribution in [2.75, 3.05) is 119 Å². The van der Waals surface area contributed by atoms with Crippen LogP contribution in [0.4, 0.5) is 0 Å². The first-order valence-corrected chi connectivity index (χ1v) is 45.0. The zero-order valence-electron chi connectivity index (χ0n) is 63.9. The van der Waals surface area contributed by atoms with E-state index in [1.807, 2.05) is 0 Å². The van der Waals surface area contributed by atoms with Crippen LogP contribution in [0.1, 0.15) is 103 Å². The summed E-state index contributed by atoms with van der Waals surface area (Å²) in [5.41, 5.74) is 0. The molecule has 0 saturated carbocycles. The molecule has 0 aliphatic carbocycles. The Morgan fingerprint density at radius 1 is 0.269 bits per heavy atom. The maximum Gasteiger partial charge on any atom is 0.317 e. The average molecular weight is 1860 g/mol. The van der Waals surface area contributed by atoms with Crippen LogP contribution in [0, 0.1) is 0 Å². The van der Waals surface area contributed by atoms with Crippen LogP contribution in [0.25, 0.3) is 0 Å². The van der Waals surface area contributed by atoms with Crippen molar-refractivity contribution in [3.05, 3.63) is 0 Å². The zero-order chi connectivity index (χ0) is 89.2. The number of aliphatic carboxylic acids is 16. The van der Waals surface area contributed by atoms with E-state index >= 15 is 0 Å². The summed E-state index contributed by atoms with van der Waals surface area (Å²) < 4.78 is 73.5. The number of ether oxygens (including phenoxy) is 11. The van der Waals surface area contributed by atoms with E-state index < -0.39 is 283 Å². The molecule has 2 fully saturated rings. The highest BCUT2D eigenvalue weighted by Crippen LogP contribution is 2.42. The normalized spacial score (nSPS) is 21.1. The van der Waals surface area contributed by atoms with E-state index in [1.165, 1.54) is 0 Å². The van der Waals surface area contributed by atoms with Gasteiger partial charge >= 0.3 is 95.5 Å². The van der Waals surface area contributed by atoms with E-state index in [0.717, 1.165) is 82.3 Å². The molecular weight excluding hydrogens is 1760 g/mol. The number of hydrogen-bond donors (Lipinski definition) is 16. The summed E-state index contributed by atoms with van der Waals surface area (Å²) in [5.74, 6) is -26.2. The molecule has 680 valence electrons. The van der Waals surface area contributed by atoms with Gasteiger partial charge in [-0.25, -0.2) is 0 Å². The highest BCUT2D eigenvalue weighted by atomic mass is 32.2. The van der Waals surface area contributed by atoms with Crippen molar-refractivity contribution in [2.45, 2.75) is 200 Å². The second-order valence-corrected chi connectivity index (χ2v) is 36.1. The van der Waals surface area contributed by atoms with Gasteiger partial charge in [0.1, 0.15) is 91.3 Å². The third-order valence-electron chi connectivity index (χ3n) is 16.1. The monoisotopic (exact) mass is 1860 g/mol. The fourth-order valence-electron chi connectivity index (χ4n) is 10.8. The minimum absolute atomic E-state index is 0.00394. The molecule has 2 heterocycles. The van der Waals surface area contributed by atoms with Gasteiger partial charge in [0, 0.05) is 52.9 Å². The fraction of sp³-hybridized carbons (Fsp3) is 0.765. The van der Waals surface area contributed by atoms with Crippen molar-refractivity contribution in [3.8, 4) is 0 Å². The molecule has 0 radical (unpaired) electrons. The number of thioether (sulfide) groups is 8. The Bertz CT molecular complexity index is 3220. The van der Waals surface area contributed by atoms with E-state index in [2.05, 4.69) is 0 Å². The summed E-state index contributed by atoms with van der Waals surface area (Å²) in [7, 11) is 0. The lowest BCUT2D eigenvalue weighted by Crippen LogP contribution is -2.65. The Hall–Kier alpha value is -6.12. The highest BCUT2D eigenvalue weighted by Gasteiger charge is 2.62. The zero-order valence-corrected chi connectivity index (χ0v) is 70.5. The van der Waals surface area contributed by atoms with E-state index in [9.17, 15) is 158 Å². The van der Waals surface area contributed by atoms with Crippen molar-refractivity contribution >= 4 is 190 Å². The quantitative estimate of drug-likeness (QED) is 0.0389. The molecule has 0 bridgehead atoms. The van der Waals surface area contributed by atoms with E-state index in [1.54, 1.807) is 0 Å². The molecule has 16 N–H and O–H groups in total. The number of rotatable bonds is 77. The predicted molar refractivity (Wildman–Crippen MR) is 425 cm³/mol. The molecule has 2 saturated heterocycles. The molecule has 0 aromatic heterocycles. The Kier molecular flexibility index (Phi) is 56.1. The van der Waals surface area contributed by atoms with E-state index in [0.29, 0.717) is 11.8 Å². The van der Waals surface area contributed by atoms with Gasteiger partial charge < -0.3 is 134 Å². The first-order chi connectivity index (χ1) is 56.3. The molecule has 0 spiro atoms. The van der Waals surface area contributed by atoms with Crippen molar-refractivity contribution in [2.24, 2.45) is 0 Å². The fourth-order valence-corrected chi connectivity index (χ4v) is 18.6. The lowest BCUT2D eigenvalue weighted by Gasteiger charge is -2.48. The van der Waals surface area contributed by atoms with Gasteiger partial charge in [0.25, 0.3) is 0 Å². The maximum absolute atomic E-state index is 12.3. The largest absolute Gasteiger partial charge is 0.481 e. The van der Waals surface area contributed by atoms with Crippen LogP contribution in [0.3, 0.4) is 0 Å². The van der Waals surface area contributed by atoms with Gasteiger partial charge in [-0.1, -0.05) is 0 Å². The SMILES string of the molecule is O=C(O)CC(SCCCOC[C@@H]1O[C@](COCCCSC(CC(=O)O)C(=O)O)(O[C@H]2O[C@H](COCCCSC(CC(=O)O)C(=O)O)[C@@H](OCCCSC(CC(=O)O)C(=O)O)[C@H](OCCCSC(CC(=O)O)C(=O)O)[C@H]2OCCCSC(CC(=O)O)C(=O)O)[C@H](OCCCSC(CC(=O)O)C(=O)O)[C@H]1OCCCSC(CC(=O)O)C(=O)O)C(=O)O. The Labute approximate surface area is 714 Å². The van der Waals surface area contributed by atoms with Gasteiger partial charge in [-0.15, -0.1) is 94.1 Å². The lowest BCUT2D eigenvalue weighted by atomic mass is 9.97. The summed E-state index contributed by atoms with van der Waals surface area (Å²) in [4.78, 5) is 191. The van der Waals surface area contributed by atoms with Gasteiger partial charge in [0.15, 0.2) is 6.29 Å². The van der Waals surface area contributed by atoms with E-state index in [-0.39, 0.29) is 130 Å². The molecule has 0 aromatic carbocycles. The summed E-state index contributed by atoms with van der Waals surface area (Å²) in [6, 6.07) is 0. The topological polar surface area (TPSA) is 698 Å². The smallest absolute Gasteiger partial charge is 0.317 e. The van der Waals surface area contributed by atoms with Crippen LogP contribution in [0.5, 0.6) is 0 Å². The van der Waals surface area contributed by atoms with Crippen molar-refractivity contribution in [1.82, 2.24) is 0 Å². The standard InChI is InChI=1S/C68H102O43S8/c69-46(70)25-38(59(85)86)112-17-1-9-101-33-36-54(104-12-4-20-115-41(62(91)92)28-49(75)76)56(106-14-6-22-117-43(64(95)96)30-51(79)80)57(107-15-7-23-118-44(65(97)98)31-52(81)82)67(109-36)111-68(35-103-11-3-19-114-40(61(89)90)27-48(73)74)58(108-16-8-24-119-45(66(99)100)32-53(83)84)55(105-13-5-21-116-42(63(93)94)29-50(77)78)37(110-68)34-102-10-2-18-113-39(60(87)88)26-47(71)72/h36-45,54-58,67H,1-35H2,(H,69,70)(H,71,72)(H,73,74)(H,75,76)(H,77,78)(H,79,80)(H,81,82)(H,83,84)(H,85,86)(H,87,88)(H,89,90)(H,91,92)(H,93,94)(H,95,96)(H,97,98)(H,99,100)/t36-,37+,38?,39?,40?,41?,42?,43?,44?,45?,54-,55+,56+,57-,58-,67-,68-/m1/s1. The van der Waals surface area contributed by atoms with Crippen molar-refractivity contribution in [1.29, 1.82) is 0 Å². The molecule has 43 nitrogen and oxygen atoms in total. The third kappa shape index (κ3) is 46.8. The van der Waals surface area contributed by atoms with Gasteiger partial charge in [-0.3, -0.25) is 76.7 Å². The van der Waals surface area contributed by atoms with Gasteiger partial charge in [-0.2, -0.15) is 0 Å². The van der Waals surface area contributed by atoms with Crippen molar-refractivity contribution in [3.63, 3.8) is 0 Å². The van der Waals surface area contributed by atoms with Gasteiger partial charge in [0.05, 0.1) is 64.6 Å². The average Bonchev–Trinajstić information content (AvgIpc) is 1.60. The molecule has 0 amide bonds. The molecular formula is C68H102O43S8. The third-order valence-corrected chi connectivity index (χ3v) is 26.5. The number of carboxylic acid groups (broad SMARTS) is 16. The second-order valence-electron chi connectivity index (χ2n) is 25.7. The molecule has 119 heavy (non-hydrogen) atoms. The van der Waals surface area contributed by atoms with Crippen LogP contribution >= 0.6 is 94.1 Å². The molecule has 2 aliphatic heterocycles. The first-order valence-electron chi connectivity index (χ1n) is 36.6. The minimum atomic E-state index is -2.56. The van der Waals surface area contributed by atoms with Crippen molar-refractivity contribution < 1.29 is 211 Å². The van der Waals surface area contributed by atoms with Crippen LogP contribution in [0.15, 0.2) is 0 Å². The van der Waals surface area contributed by atoms with Gasteiger partial charge in [-0.05, 0) is 97.4 Å². The molecule has 2 rings (SSSR count). The maximum atomic E-state index is 12.3. The first kappa shape index (κ1) is 109. The molecule has 2 aliphatic rings. The molecule has 8 unspecified atom stereocenters. The molecule has 17 atom stereocenters. The number of carbonyl (C=O) groups is 16. The minimum Gasteiger partial charge on any atom is -0.481 e. The second kappa shape index (κ2) is 61.2. The lowest BCUT2D eigenvalue weighted by molar-refractivity contribution is -0.395. The molecule has 51 heteroatoms. The van der Waals surface area contributed by atoms with Crippen LogP contribution < -0.4 is 0 Å². The molecule has 0 aromatic rings. The highest BCUT2D eigenvalue weighted by molar-refractivity contribution is 8.02. The Morgan fingerprint density at radius 2 is 0.496 bits per heavy atom. The van der Waals surface area contributed by atoms with Gasteiger partial charge in [0.2, 0.25) is 5.79 Å². The number of hydrogen-bond acceptors (Lipinski definition) is 35. The predicted octanol–water partition coefficient (Wildman–Crippen LogP) is 3.21. The summed E-state index contributed by atoms with van der Waals surface area (Å²) in [6.07, 6.45) is -19.8. The Morgan fingerprint density at radius 3 is 0.765 bits per heavy atom. The van der Waals surface area contributed by atoms with Crippen LogP contribution in [-0.2, 0) is 129 Å². The summed E-state index contributed by atoms with van der Waals surface area (Å²) in [6.45, 7) is -4.72. The van der Waals surface area contributed by atoms with Crippen LogP contribution in [0.2, 0.25) is 0 Å². The summed E-state index contributed by atoms with van der Waals surface area (Å²) in [5, 5.41) is 143. The van der Waals surface area contributed by atoms with Crippen LogP contribution in [-0.4, -0.2) is 393 Å². The van der Waals surface area contributed by atoms with E-state index in [4.69, 9.17) is 52.1 Å². The summed E-state index contributed by atoms with van der Waals surface area (Å²) >= 11 is 5.96. The Balaban J connectivity index is 3.31. The number of carboxylic acids is 16.